The Labute approximate surface area is 193 Å². The largest absolute Gasteiger partial charge is 0.384 e. The molecular weight excluding hydrogens is 418 g/mol. The molecule has 2 amide bonds. The van der Waals surface area contributed by atoms with Gasteiger partial charge in [-0.1, -0.05) is 37.8 Å². The molecule has 1 aliphatic carbocycles. The van der Waals surface area contributed by atoms with Gasteiger partial charge in [-0.05, 0) is 49.4 Å². The molecule has 2 heterocycles. The Morgan fingerprint density at radius 3 is 2.39 bits per heavy atom. The number of hydrogen-bond acceptors (Lipinski definition) is 5. The summed E-state index contributed by atoms with van der Waals surface area (Å²) < 4.78 is 1.51. The van der Waals surface area contributed by atoms with Gasteiger partial charge in [0.25, 0.3) is 5.91 Å². The minimum atomic E-state index is -0.614. The number of nitrogen functional groups attached to an aromatic ring is 1. The normalized spacial score (nSPS) is 15.6. The van der Waals surface area contributed by atoms with Crippen molar-refractivity contribution in [2.75, 3.05) is 11.1 Å². The Bertz CT molecular complexity index is 1090. The first-order valence-corrected chi connectivity index (χ1v) is 11.4. The Morgan fingerprint density at radius 2 is 1.82 bits per heavy atom. The summed E-state index contributed by atoms with van der Waals surface area (Å²) in [5.74, 6) is 0.109. The zero-order chi connectivity index (χ0) is 23.4. The monoisotopic (exact) mass is 449 g/mol. The van der Waals surface area contributed by atoms with E-state index in [2.05, 4.69) is 25.9 Å². The zero-order valence-corrected chi connectivity index (χ0v) is 19.1. The van der Waals surface area contributed by atoms with Crippen LogP contribution in [0.15, 0.2) is 36.5 Å². The van der Waals surface area contributed by atoms with Crippen LogP contribution < -0.4 is 16.4 Å². The van der Waals surface area contributed by atoms with Crippen molar-refractivity contribution in [3.05, 3.63) is 47.9 Å². The van der Waals surface area contributed by atoms with Crippen molar-refractivity contribution in [3.8, 4) is 11.1 Å². The van der Waals surface area contributed by atoms with Gasteiger partial charge in [0.2, 0.25) is 5.91 Å². The first-order valence-electron chi connectivity index (χ1n) is 11.4. The van der Waals surface area contributed by atoms with E-state index >= 15 is 0 Å². The highest BCUT2D eigenvalue weighted by molar-refractivity contribution is 6.00. The molecule has 1 atom stereocenters. The van der Waals surface area contributed by atoms with Gasteiger partial charge in [-0.3, -0.25) is 19.4 Å². The van der Waals surface area contributed by atoms with E-state index in [1.807, 2.05) is 31.2 Å². The summed E-state index contributed by atoms with van der Waals surface area (Å²) in [5, 5.41) is 17.0. The van der Waals surface area contributed by atoms with Crippen LogP contribution in [-0.4, -0.2) is 37.8 Å². The molecule has 33 heavy (non-hydrogen) atoms. The Hall–Kier alpha value is -3.62. The third-order valence-electron chi connectivity index (χ3n) is 6.41. The molecule has 5 N–H and O–H groups in total. The van der Waals surface area contributed by atoms with Crippen LogP contribution in [0.4, 0.5) is 11.5 Å². The van der Waals surface area contributed by atoms with Gasteiger partial charge in [0.15, 0.2) is 0 Å². The molecule has 0 unspecified atom stereocenters. The van der Waals surface area contributed by atoms with Crippen molar-refractivity contribution >= 4 is 23.3 Å². The summed E-state index contributed by atoms with van der Waals surface area (Å²) in [5.41, 5.74) is 9.67. The molecule has 174 valence electrons. The van der Waals surface area contributed by atoms with Crippen LogP contribution in [0.5, 0.6) is 0 Å². The Morgan fingerprint density at radius 1 is 1.12 bits per heavy atom. The van der Waals surface area contributed by atoms with Crippen molar-refractivity contribution in [3.63, 3.8) is 0 Å². The number of anilines is 2. The molecule has 1 aliphatic rings. The number of H-pyrrole nitrogens is 1. The van der Waals surface area contributed by atoms with Crippen LogP contribution in [0.1, 0.15) is 54.7 Å². The second-order valence-electron chi connectivity index (χ2n) is 8.71. The van der Waals surface area contributed by atoms with E-state index in [0.717, 1.165) is 42.5 Å². The summed E-state index contributed by atoms with van der Waals surface area (Å²) in [6.45, 7) is 1.89. The minimum Gasteiger partial charge on any atom is -0.384 e. The van der Waals surface area contributed by atoms with Gasteiger partial charge < -0.3 is 16.4 Å². The standard InChI is InChI=1S/C24H31N7O2/c1-15-20(22(25)30-29-15)16-9-11-18(12-10-16)27-24(33)21(17-7-5-3-4-6-8-17)28-23(32)19-13-14-26-31(19)2/h9-14,17,21H,3-8H2,1-2H3,(H,27,33)(H,28,32)(H3,25,29,30)/t21-/m0/s1. The number of aromatic nitrogens is 4. The quantitative estimate of drug-likeness (QED) is 0.428. The van der Waals surface area contributed by atoms with Crippen LogP contribution in [0.3, 0.4) is 0 Å². The first-order chi connectivity index (χ1) is 15.9. The summed E-state index contributed by atoms with van der Waals surface area (Å²) in [6, 6.07) is 8.52. The average Bonchev–Trinajstić information content (AvgIpc) is 3.26. The van der Waals surface area contributed by atoms with Gasteiger partial charge in [0, 0.05) is 24.5 Å². The van der Waals surface area contributed by atoms with Gasteiger partial charge in [-0.2, -0.15) is 10.2 Å². The minimum absolute atomic E-state index is 0.0947. The third kappa shape index (κ3) is 5.08. The molecule has 4 rings (SSSR count). The van der Waals surface area contributed by atoms with E-state index in [9.17, 15) is 9.59 Å². The molecule has 1 fully saturated rings. The highest BCUT2D eigenvalue weighted by Gasteiger charge is 2.31. The molecule has 0 bridgehead atoms. The predicted molar refractivity (Wildman–Crippen MR) is 127 cm³/mol. The molecule has 0 radical (unpaired) electrons. The Kier molecular flexibility index (Phi) is 6.76. The maximum Gasteiger partial charge on any atom is 0.270 e. The SMILES string of the molecule is Cc1n[nH]c(N)c1-c1ccc(NC(=O)[C@@H](NC(=O)c2ccnn2C)C2CCCCCC2)cc1. The van der Waals surface area contributed by atoms with Gasteiger partial charge in [0.05, 0.1) is 5.69 Å². The lowest BCUT2D eigenvalue weighted by atomic mass is 9.91. The van der Waals surface area contributed by atoms with Crippen LogP contribution in [-0.2, 0) is 11.8 Å². The van der Waals surface area contributed by atoms with Crippen LogP contribution in [0, 0.1) is 12.8 Å². The molecule has 0 saturated heterocycles. The number of aryl methyl sites for hydroxylation is 2. The summed E-state index contributed by atoms with van der Waals surface area (Å²) >= 11 is 0. The predicted octanol–water partition coefficient (Wildman–Crippen LogP) is 3.41. The second-order valence-corrected chi connectivity index (χ2v) is 8.71. The van der Waals surface area contributed by atoms with E-state index < -0.39 is 6.04 Å². The lowest BCUT2D eigenvalue weighted by Gasteiger charge is -2.26. The maximum atomic E-state index is 13.4. The first kappa shape index (κ1) is 22.6. The van der Waals surface area contributed by atoms with E-state index in [4.69, 9.17) is 5.73 Å². The lowest BCUT2D eigenvalue weighted by molar-refractivity contribution is -0.119. The van der Waals surface area contributed by atoms with E-state index in [0.29, 0.717) is 17.2 Å². The number of carbonyl (C=O) groups is 2. The molecule has 9 heteroatoms. The van der Waals surface area contributed by atoms with E-state index in [-0.39, 0.29) is 17.7 Å². The van der Waals surface area contributed by atoms with Gasteiger partial charge in [-0.15, -0.1) is 0 Å². The molecule has 1 aromatic carbocycles. The number of nitrogens with two attached hydrogens (primary N) is 1. The number of nitrogens with one attached hydrogen (secondary N) is 3. The van der Waals surface area contributed by atoms with Crippen LogP contribution in [0.25, 0.3) is 11.1 Å². The van der Waals surface area contributed by atoms with Gasteiger partial charge >= 0.3 is 0 Å². The number of amides is 2. The highest BCUT2D eigenvalue weighted by atomic mass is 16.2. The number of nitrogens with zero attached hydrogens (tertiary/aromatic N) is 3. The molecule has 3 aromatic rings. The fraction of sp³-hybridized carbons (Fsp3) is 0.417. The molecule has 9 nitrogen and oxygen atoms in total. The zero-order valence-electron chi connectivity index (χ0n) is 19.1. The molecule has 0 spiro atoms. The number of carbonyl (C=O) groups excluding carboxylic acids is 2. The van der Waals surface area contributed by atoms with Gasteiger partial charge in [0.1, 0.15) is 17.6 Å². The Balaban J connectivity index is 1.52. The van der Waals surface area contributed by atoms with E-state index in [1.165, 1.54) is 17.5 Å². The molecule has 2 aromatic heterocycles. The summed E-state index contributed by atoms with van der Waals surface area (Å²) in [4.78, 5) is 26.2. The van der Waals surface area contributed by atoms with Crippen molar-refractivity contribution < 1.29 is 9.59 Å². The van der Waals surface area contributed by atoms with Crippen molar-refractivity contribution in [2.24, 2.45) is 13.0 Å². The fourth-order valence-corrected chi connectivity index (χ4v) is 4.61. The number of hydrogen-bond donors (Lipinski definition) is 4. The maximum absolute atomic E-state index is 13.4. The summed E-state index contributed by atoms with van der Waals surface area (Å²) in [6.07, 6.45) is 7.87. The van der Waals surface area contributed by atoms with Crippen LogP contribution >= 0.6 is 0 Å². The molecular formula is C24H31N7O2. The molecule has 0 aliphatic heterocycles. The summed E-state index contributed by atoms with van der Waals surface area (Å²) in [7, 11) is 1.71. The lowest BCUT2D eigenvalue weighted by Crippen LogP contribution is -2.48. The highest BCUT2D eigenvalue weighted by Crippen LogP contribution is 2.29. The van der Waals surface area contributed by atoms with Crippen molar-refractivity contribution in [1.29, 1.82) is 0 Å². The third-order valence-corrected chi connectivity index (χ3v) is 6.41. The van der Waals surface area contributed by atoms with Gasteiger partial charge in [-0.25, -0.2) is 0 Å². The second kappa shape index (κ2) is 9.89. The number of rotatable bonds is 6. The van der Waals surface area contributed by atoms with Crippen LogP contribution in [0.2, 0.25) is 0 Å². The molecule has 1 saturated carbocycles. The van der Waals surface area contributed by atoms with Crippen molar-refractivity contribution in [1.82, 2.24) is 25.3 Å². The number of aromatic amines is 1. The fourth-order valence-electron chi connectivity index (χ4n) is 4.61. The number of benzene rings is 1. The van der Waals surface area contributed by atoms with Crippen molar-refractivity contribution in [2.45, 2.75) is 51.5 Å². The smallest absolute Gasteiger partial charge is 0.270 e. The van der Waals surface area contributed by atoms with E-state index in [1.54, 1.807) is 19.3 Å². The topological polar surface area (TPSA) is 131 Å². The average molecular weight is 450 g/mol.